The third-order valence-electron chi connectivity index (χ3n) is 2.18. The highest BCUT2D eigenvalue weighted by molar-refractivity contribution is 9.11. The molecule has 0 aliphatic carbocycles. The molecule has 2 nitrogen and oxygen atoms in total. The number of benzene rings is 1. The van der Waals surface area contributed by atoms with Gasteiger partial charge in [0.25, 0.3) is 0 Å². The Bertz CT molecular complexity index is 500. The molecule has 2 rings (SSSR count). The van der Waals surface area contributed by atoms with Gasteiger partial charge in [0.05, 0.1) is 17.3 Å². The van der Waals surface area contributed by atoms with Crippen LogP contribution in [0.3, 0.4) is 0 Å². The van der Waals surface area contributed by atoms with Crippen LogP contribution in [0.1, 0.15) is 0 Å². The van der Waals surface area contributed by atoms with Crippen molar-refractivity contribution in [3.8, 4) is 17.0 Å². The van der Waals surface area contributed by atoms with Crippen LogP contribution in [0.25, 0.3) is 11.3 Å². The van der Waals surface area contributed by atoms with Gasteiger partial charge in [0.15, 0.2) is 0 Å². The van der Waals surface area contributed by atoms with E-state index in [2.05, 4.69) is 36.8 Å². The highest BCUT2D eigenvalue weighted by Gasteiger charge is 2.09. The molecular weight excluding hydrogens is 334 g/mol. The van der Waals surface area contributed by atoms with Gasteiger partial charge >= 0.3 is 0 Å². The minimum atomic E-state index is 0.795. The number of pyridine rings is 1. The van der Waals surface area contributed by atoms with Gasteiger partial charge in [0, 0.05) is 16.2 Å². The van der Waals surface area contributed by atoms with Crippen LogP contribution in [0.15, 0.2) is 45.5 Å². The summed E-state index contributed by atoms with van der Waals surface area (Å²) in [6.07, 6.45) is 1.77. The number of hydrogen-bond acceptors (Lipinski definition) is 2. The second-order valence-corrected chi connectivity index (χ2v) is 4.89. The molecule has 0 atom stereocenters. The number of ether oxygens (including phenoxy) is 1. The minimum Gasteiger partial charge on any atom is -0.496 e. The molecule has 0 N–H and O–H groups in total. The molecular formula is C12H9Br2NO. The summed E-state index contributed by atoms with van der Waals surface area (Å²) >= 11 is 6.96. The van der Waals surface area contributed by atoms with Gasteiger partial charge in [-0.25, -0.2) is 0 Å². The third-order valence-corrected chi connectivity index (χ3v) is 3.46. The lowest BCUT2D eigenvalue weighted by Crippen LogP contribution is -1.89. The van der Waals surface area contributed by atoms with Crippen LogP contribution in [0.2, 0.25) is 0 Å². The molecule has 1 heterocycles. The predicted molar refractivity (Wildman–Crippen MR) is 71.6 cm³/mol. The smallest absolute Gasteiger partial charge is 0.133 e. The highest BCUT2D eigenvalue weighted by atomic mass is 79.9. The van der Waals surface area contributed by atoms with Crippen LogP contribution < -0.4 is 4.74 Å². The fourth-order valence-corrected chi connectivity index (χ4v) is 2.76. The van der Waals surface area contributed by atoms with Crippen molar-refractivity contribution < 1.29 is 4.74 Å². The lowest BCUT2D eigenvalue weighted by atomic mass is 10.1. The molecule has 16 heavy (non-hydrogen) atoms. The van der Waals surface area contributed by atoms with Gasteiger partial charge in [-0.05, 0) is 40.2 Å². The van der Waals surface area contributed by atoms with Crippen molar-refractivity contribution >= 4 is 31.9 Å². The second kappa shape index (κ2) is 4.97. The summed E-state index contributed by atoms with van der Waals surface area (Å²) in [7, 11) is 1.65. The SMILES string of the molecule is COc1cc(-c2ccccn2)c(Br)cc1Br. The van der Waals surface area contributed by atoms with Gasteiger partial charge in [-0.2, -0.15) is 0 Å². The molecule has 1 aromatic carbocycles. The Kier molecular flexibility index (Phi) is 3.61. The first-order chi connectivity index (χ1) is 7.72. The molecule has 0 aliphatic rings. The molecule has 0 saturated heterocycles. The average molecular weight is 343 g/mol. The van der Waals surface area contributed by atoms with E-state index < -0.39 is 0 Å². The van der Waals surface area contributed by atoms with Crippen molar-refractivity contribution in [2.75, 3.05) is 7.11 Å². The van der Waals surface area contributed by atoms with E-state index in [-0.39, 0.29) is 0 Å². The zero-order valence-electron chi connectivity index (χ0n) is 8.58. The third kappa shape index (κ3) is 2.28. The van der Waals surface area contributed by atoms with Gasteiger partial charge in [0.1, 0.15) is 5.75 Å². The highest BCUT2D eigenvalue weighted by Crippen LogP contribution is 2.36. The number of rotatable bonds is 2. The largest absolute Gasteiger partial charge is 0.496 e. The van der Waals surface area contributed by atoms with Crippen molar-refractivity contribution in [1.82, 2.24) is 4.98 Å². The molecule has 4 heteroatoms. The van der Waals surface area contributed by atoms with Gasteiger partial charge in [-0.15, -0.1) is 0 Å². The predicted octanol–water partition coefficient (Wildman–Crippen LogP) is 4.28. The summed E-state index contributed by atoms with van der Waals surface area (Å²) in [4.78, 5) is 4.31. The number of aromatic nitrogens is 1. The quantitative estimate of drug-likeness (QED) is 0.812. The van der Waals surface area contributed by atoms with Crippen LogP contribution in [-0.4, -0.2) is 12.1 Å². The summed E-state index contributed by atoms with van der Waals surface area (Å²) in [6.45, 7) is 0. The molecule has 0 unspecified atom stereocenters. The van der Waals surface area contributed by atoms with Crippen LogP contribution in [0.4, 0.5) is 0 Å². The van der Waals surface area contributed by atoms with Crippen molar-refractivity contribution in [1.29, 1.82) is 0 Å². The maximum absolute atomic E-state index is 5.27. The number of methoxy groups -OCH3 is 1. The molecule has 2 aromatic rings. The maximum Gasteiger partial charge on any atom is 0.133 e. The van der Waals surface area contributed by atoms with Gasteiger partial charge in [-0.1, -0.05) is 22.0 Å². The maximum atomic E-state index is 5.27. The number of halogens is 2. The van der Waals surface area contributed by atoms with Gasteiger partial charge in [0.2, 0.25) is 0 Å². The van der Waals surface area contributed by atoms with Gasteiger partial charge in [-0.3, -0.25) is 4.98 Å². The number of nitrogens with zero attached hydrogens (tertiary/aromatic N) is 1. The fourth-order valence-electron chi connectivity index (χ4n) is 1.40. The lowest BCUT2D eigenvalue weighted by Gasteiger charge is -2.08. The molecule has 1 aromatic heterocycles. The van der Waals surface area contributed by atoms with Crippen molar-refractivity contribution in [3.05, 3.63) is 45.5 Å². The van der Waals surface area contributed by atoms with E-state index >= 15 is 0 Å². The van der Waals surface area contributed by atoms with Crippen LogP contribution in [-0.2, 0) is 0 Å². The summed E-state index contributed by atoms with van der Waals surface area (Å²) < 4.78 is 7.17. The molecule has 0 spiro atoms. The van der Waals surface area contributed by atoms with Crippen molar-refractivity contribution in [3.63, 3.8) is 0 Å². The van der Waals surface area contributed by atoms with Crippen molar-refractivity contribution in [2.45, 2.75) is 0 Å². The van der Waals surface area contributed by atoms with E-state index in [4.69, 9.17) is 4.74 Å². The van der Waals surface area contributed by atoms with Crippen LogP contribution >= 0.6 is 31.9 Å². The first-order valence-corrected chi connectivity index (χ1v) is 6.25. The number of hydrogen-bond donors (Lipinski definition) is 0. The Balaban J connectivity index is 2.57. The zero-order chi connectivity index (χ0) is 11.5. The Morgan fingerprint density at radius 1 is 1.12 bits per heavy atom. The Hall–Kier alpha value is -0.870. The molecule has 0 bridgehead atoms. The van der Waals surface area contributed by atoms with E-state index in [1.54, 1.807) is 13.3 Å². The molecule has 0 amide bonds. The summed E-state index contributed by atoms with van der Waals surface area (Å²) in [5, 5.41) is 0. The molecule has 0 radical (unpaired) electrons. The summed E-state index contributed by atoms with van der Waals surface area (Å²) in [5.41, 5.74) is 1.93. The second-order valence-electron chi connectivity index (χ2n) is 3.18. The molecule has 0 saturated carbocycles. The molecule has 0 aliphatic heterocycles. The van der Waals surface area contributed by atoms with E-state index in [1.165, 1.54) is 0 Å². The minimum absolute atomic E-state index is 0.795. The first-order valence-electron chi connectivity index (χ1n) is 4.67. The van der Waals surface area contributed by atoms with E-state index in [9.17, 15) is 0 Å². The molecule has 0 fully saturated rings. The summed E-state index contributed by atoms with van der Waals surface area (Å²) in [5.74, 6) is 0.795. The topological polar surface area (TPSA) is 22.1 Å². The lowest BCUT2D eigenvalue weighted by molar-refractivity contribution is 0.412. The van der Waals surface area contributed by atoms with E-state index in [0.29, 0.717) is 0 Å². The summed E-state index contributed by atoms with van der Waals surface area (Å²) in [6, 6.07) is 9.74. The average Bonchev–Trinajstić information content (AvgIpc) is 2.30. The van der Waals surface area contributed by atoms with Crippen molar-refractivity contribution in [2.24, 2.45) is 0 Å². The Labute approximate surface area is 111 Å². The molecule has 82 valence electrons. The van der Waals surface area contributed by atoms with Crippen LogP contribution in [0.5, 0.6) is 5.75 Å². The monoisotopic (exact) mass is 341 g/mol. The zero-order valence-corrected chi connectivity index (χ0v) is 11.7. The van der Waals surface area contributed by atoms with Crippen LogP contribution in [0, 0.1) is 0 Å². The Morgan fingerprint density at radius 3 is 2.56 bits per heavy atom. The standard InChI is InChI=1S/C12H9Br2NO/c1-16-12-6-8(9(13)7-10(12)14)11-4-2-3-5-15-11/h2-7H,1H3. The van der Waals surface area contributed by atoms with E-state index in [0.717, 1.165) is 26.0 Å². The first kappa shape index (κ1) is 11.6. The Morgan fingerprint density at radius 2 is 1.94 bits per heavy atom. The van der Waals surface area contributed by atoms with Gasteiger partial charge < -0.3 is 4.74 Å². The van der Waals surface area contributed by atoms with E-state index in [1.807, 2.05) is 30.3 Å². The fraction of sp³-hybridized carbons (Fsp3) is 0.0833. The normalized spacial score (nSPS) is 10.2.